The number of esters is 1. The quantitative estimate of drug-likeness (QED) is 0.103. The topological polar surface area (TPSA) is 78.8 Å². The molecular formula is C44H48BFN2O5. The number of hydrogen-bond donors (Lipinski definition) is 1. The van der Waals surface area contributed by atoms with E-state index in [0.29, 0.717) is 37.0 Å². The van der Waals surface area contributed by atoms with Crippen LogP contribution in [-0.2, 0) is 31.7 Å². The summed E-state index contributed by atoms with van der Waals surface area (Å²) in [6, 6.07) is 35.8. The number of para-hydroxylation sites is 1. The Morgan fingerprint density at radius 2 is 1.45 bits per heavy atom. The molecule has 274 valence electrons. The fourth-order valence-corrected chi connectivity index (χ4v) is 7.14. The molecule has 2 heterocycles. The Hall–Kier alpha value is -4.99. The fraction of sp³-hybridized carbons (Fsp3) is 0.318. The van der Waals surface area contributed by atoms with Gasteiger partial charge in [-0.25, -0.2) is 4.39 Å². The highest BCUT2D eigenvalue weighted by Crippen LogP contribution is 2.43. The van der Waals surface area contributed by atoms with Crippen molar-refractivity contribution in [3.8, 4) is 22.4 Å². The first kappa shape index (κ1) is 37.8. The van der Waals surface area contributed by atoms with Gasteiger partial charge in [0.2, 0.25) is 0 Å². The minimum atomic E-state index is -0.607. The van der Waals surface area contributed by atoms with Crippen molar-refractivity contribution < 1.29 is 28.0 Å². The lowest BCUT2D eigenvalue weighted by Gasteiger charge is -2.35. The van der Waals surface area contributed by atoms with Crippen LogP contribution in [0.15, 0.2) is 115 Å². The number of benzene rings is 4. The molecule has 5 aromatic rings. The lowest BCUT2D eigenvalue weighted by Crippen LogP contribution is -2.44. The van der Waals surface area contributed by atoms with E-state index >= 15 is 0 Å². The van der Waals surface area contributed by atoms with Gasteiger partial charge >= 0.3 is 13.1 Å². The zero-order chi connectivity index (χ0) is 37.5. The summed E-state index contributed by atoms with van der Waals surface area (Å²) < 4.78 is 35.3. The molecule has 1 N–H and O–H groups in total. The first-order valence-corrected chi connectivity index (χ1v) is 18.5. The van der Waals surface area contributed by atoms with Crippen molar-refractivity contribution in [1.82, 2.24) is 4.57 Å². The van der Waals surface area contributed by atoms with Crippen LogP contribution in [0.2, 0.25) is 0 Å². The maximum atomic E-state index is 14.5. The van der Waals surface area contributed by atoms with Crippen molar-refractivity contribution in [3.63, 3.8) is 0 Å². The summed E-state index contributed by atoms with van der Waals surface area (Å²) in [7, 11) is -0.554. The van der Waals surface area contributed by atoms with E-state index in [2.05, 4.69) is 23.7 Å². The maximum absolute atomic E-state index is 14.5. The van der Waals surface area contributed by atoms with Crippen LogP contribution in [0, 0.1) is 5.82 Å². The molecular weight excluding hydrogens is 666 g/mol. The van der Waals surface area contributed by atoms with Crippen molar-refractivity contribution >= 4 is 24.7 Å². The SMILES string of the molecule is CC(C)c1c(C(=O)Nc2ccccc2)c(-c2ccccc2)c(-c2ccc(F)cc2)n1CC[C@@H]1C[C@H](CC(=O)OC(C)(C)C)OB(Cc2ccccc2)O1. The molecule has 0 radical (unpaired) electrons. The van der Waals surface area contributed by atoms with Gasteiger partial charge in [-0.3, -0.25) is 9.59 Å². The van der Waals surface area contributed by atoms with Gasteiger partial charge < -0.3 is 23.9 Å². The zero-order valence-electron chi connectivity index (χ0n) is 31.2. The molecule has 1 amide bonds. The van der Waals surface area contributed by atoms with Gasteiger partial charge in [0.1, 0.15) is 11.4 Å². The smallest absolute Gasteiger partial charge is 0.460 e. The molecule has 4 aromatic carbocycles. The standard InChI is InChI=1S/C44H48BFN2O5/c1-30(2)41-40(43(50)47-35-19-13-8-14-20-35)39(32-17-11-7-12-18-32)42(33-21-23-34(46)24-22-33)48(41)26-25-36-27-37(28-38(49)51-44(3,4)5)53-45(52-36)29-31-15-9-6-10-16-31/h6-24,30,36-37H,25-29H2,1-5H3,(H,47,50)/t36-,37-/m1/s1. The summed E-state index contributed by atoms with van der Waals surface area (Å²) in [5.74, 6) is -0.919. The predicted octanol–water partition coefficient (Wildman–Crippen LogP) is 9.90. The summed E-state index contributed by atoms with van der Waals surface area (Å²) >= 11 is 0. The lowest BCUT2D eigenvalue weighted by molar-refractivity contribution is -0.157. The largest absolute Gasteiger partial charge is 0.461 e. The molecule has 1 aromatic heterocycles. The molecule has 7 nitrogen and oxygen atoms in total. The third-order valence-electron chi connectivity index (χ3n) is 9.24. The highest BCUT2D eigenvalue weighted by molar-refractivity contribution is 6.44. The Morgan fingerprint density at radius 1 is 0.849 bits per heavy atom. The summed E-state index contributed by atoms with van der Waals surface area (Å²) in [5, 5.41) is 3.14. The van der Waals surface area contributed by atoms with Crippen molar-refractivity contribution in [2.45, 2.75) is 90.5 Å². The summed E-state index contributed by atoms with van der Waals surface area (Å²) in [6.07, 6.45) is 1.08. The Bertz CT molecular complexity index is 1980. The predicted molar refractivity (Wildman–Crippen MR) is 209 cm³/mol. The molecule has 0 unspecified atom stereocenters. The molecule has 0 spiro atoms. The van der Waals surface area contributed by atoms with Crippen molar-refractivity contribution in [2.75, 3.05) is 5.32 Å². The van der Waals surface area contributed by atoms with Gasteiger partial charge in [0.25, 0.3) is 5.91 Å². The fourth-order valence-electron chi connectivity index (χ4n) is 7.14. The molecule has 1 fully saturated rings. The van der Waals surface area contributed by atoms with Crippen LogP contribution in [0.4, 0.5) is 10.1 Å². The van der Waals surface area contributed by atoms with Crippen LogP contribution in [0.3, 0.4) is 0 Å². The van der Waals surface area contributed by atoms with Gasteiger partial charge in [0.15, 0.2) is 0 Å². The van der Waals surface area contributed by atoms with Crippen LogP contribution in [0.25, 0.3) is 22.4 Å². The minimum Gasteiger partial charge on any atom is -0.460 e. The van der Waals surface area contributed by atoms with Crippen LogP contribution in [0.5, 0.6) is 0 Å². The van der Waals surface area contributed by atoms with Crippen molar-refractivity contribution in [3.05, 3.63) is 138 Å². The van der Waals surface area contributed by atoms with Gasteiger partial charge in [-0.05, 0) is 87.1 Å². The molecule has 2 atom stereocenters. The van der Waals surface area contributed by atoms with Crippen molar-refractivity contribution in [2.24, 2.45) is 0 Å². The summed E-state index contributed by atoms with van der Waals surface area (Å²) in [6.45, 7) is 10.3. The highest BCUT2D eigenvalue weighted by atomic mass is 19.1. The molecule has 0 aliphatic carbocycles. The number of rotatable bonds is 12. The number of nitrogens with zero attached hydrogens (tertiary/aromatic N) is 1. The molecule has 9 heteroatoms. The molecule has 0 bridgehead atoms. The second-order valence-electron chi connectivity index (χ2n) is 14.9. The third kappa shape index (κ3) is 9.72. The normalized spacial score (nSPS) is 16.1. The number of amides is 1. The molecule has 1 aliphatic heterocycles. The monoisotopic (exact) mass is 714 g/mol. The van der Waals surface area contributed by atoms with E-state index in [4.69, 9.17) is 14.0 Å². The number of aromatic nitrogens is 1. The van der Waals surface area contributed by atoms with Crippen LogP contribution in [0.1, 0.15) is 81.4 Å². The van der Waals surface area contributed by atoms with E-state index < -0.39 is 18.8 Å². The number of nitrogens with one attached hydrogen (secondary N) is 1. The number of carbonyl (C=O) groups is 2. The van der Waals surface area contributed by atoms with E-state index in [0.717, 1.165) is 33.6 Å². The van der Waals surface area contributed by atoms with Gasteiger partial charge in [-0.2, -0.15) is 0 Å². The van der Waals surface area contributed by atoms with E-state index in [9.17, 15) is 14.0 Å². The number of hydrogen-bond acceptors (Lipinski definition) is 5. The maximum Gasteiger partial charge on any atom is 0.461 e. The molecule has 1 aliphatic rings. The van der Waals surface area contributed by atoms with E-state index in [-0.39, 0.29) is 36.1 Å². The molecule has 1 saturated heterocycles. The first-order chi connectivity index (χ1) is 25.4. The van der Waals surface area contributed by atoms with Gasteiger partial charge in [-0.15, -0.1) is 0 Å². The first-order valence-electron chi connectivity index (χ1n) is 18.5. The second-order valence-corrected chi connectivity index (χ2v) is 14.9. The van der Waals surface area contributed by atoms with E-state index in [1.54, 1.807) is 12.1 Å². The second kappa shape index (κ2) is 16.8. The number of ether oxygens (including phenoxy) is 1. The summed E-state index contributed by atoms with van der Waals surface area (Å²) in [5.41, 5.74) is 5.90. The van der Waals surface area contributed by atoms with Crippen LogP contribution >= 0.6 is 0 Å². The third-order valence-corrected chi connectivity index (χ3v) is 9.24. The number of halogens is 1. The van der Waals surface area contributed by atoms with Gasteiger partial charge in [0, 0.05) is 35.9 Å². The Balaban J connectivity index is 1.41. The molecule has 0 saturated carbocycles. The molecule has 53 heavy (non-hydrogen) atoms. The van der Waals surface area contributed by atoms with Gasteiger partial charge in [-0.1, -0.05) is 98.3 Å². The Morgan fingerprint density at radius 3 is 2.08 bits per heavy atom. The Labute approximate surface area is 312 Å². The van der Waals surface area contributed by atoms with E-state index in [1.807, 2.05) is 112 Å². The van der Waals surface area contributed by atoms with Crippen molar-refractivity contribution in [1.29, 1.82) is 0 Å². The zero-order valence-corrected chi connectivity index (χ0v) is 31.2. The molecule has 6 rings (SSSR count). The lowest BCUT2D eigenvalue weighted by atomic mass is 9.77. The number of anilines is 1. The average Bonchev–Trinajstić information content (AvgIpc) is 3.47. The average molecular weight is 715 g/mol. The van der Waals surface area contributed by atoms with Crippen LogP contribution in [-0.4, -0.2) is 41.4 Å². The number of carbonyl (C=O) groups excluding carboxylic acids is 2. The van der Waals surface area contributed by atoms with Gasteiger partial charge in [0.05, 0.1) is 23.8 Å². The Kier molecular flexibility index (Phi) is 12.0. The van der Waals surface area contributed by atoms with E-state index in [1.165, 1.54) is 12.1 Å². The van der Waals surface area contributed by atoms with Crippen LogP contribution < -0.4 is 5.32 Å². The highest BCUT2D eigenvalue weighted by Gasteiger charge is 2.37. The summed E-state index contributed by atoms with van der Waals surface area (Å²) in [4.78, 5) is 27.5. The minimum absolute atomic E-state index is 0.0514.